The Hall–Kier alpha value is -1.92. The number of ether oxygens (including phenoxy) is 1. The molecule has 0 unspecified atom stereocenters. The molecule has 6 heteroatoms. The smallest absolute Gasteiger partial charge is 0.261 e. The molecule has 0 saturated carbocycles. The van der Waals surface area contributed by atoms with Gasteiger partial charge in [-0.05, 0) is 37.6 Å². The normalized spacial score (nSPS) is 22.4. The van der Waals surface area contributed by atoms with Crippen LogP contribution in [-0.2, 0) is 6.54 Å². The molecule has 0 bridgehead atoms. The van der Waals surface area contributed by atoms with E-state index in [4.69, 9.17) is 4.74 Å². The summed E-state index contributed by atoms with van der Waals surface area (Å²) in [5, 5.41) is 14.2. The summed E-state index contributed by atoms with van der Waals surface area (Å²) in [5.41, 5.74) is -0.417. The minimum atomic E-state index is -0.893. The third-order valence-corrected chi connectivity index (χ3v) is 3.95. The van der Waals surface area contributed by atoms with E-state index in [0.29, 0.717) is 29.6 Å². The van der Waals surface area contributed by atoms with E-state index in [0.717, 1.165) is 13.0 Å². The van der Waals surface area contributed by atoms with Crippen LogP contribution >= 0.6 is 0 Å². The largest absolute Gasteiger partial charge is 0.497 e. The zero-order valence-electron chi connectivity index (χ0n) is 12.0. The average molecular weight is 289 g/mol. The van der Waals surface area contributed by atoms with Crippen molar-refractivity contribution in [2.75, 3.05) is 20.2 Å². The monoisotopic (exact) mass is 289 g/mol. The van der Waals surface area contributed by atoms with Gasteiger partial charge in [-0.3, -0.25) is 9.36 Å². The van der Waals surface area contributed by atoms with Gasteiger partial charge in [0.1, 0.15) is 5.75 Å². The fraction of sp³-hybridized carbons (Fsp3) is 0.467. The molecule has 0 radical (unpaired) electrons. The molecule has 1 fully saturated rings. The molecule has 21 heavy (non-hydrogen) atoms. The summed E-state index contributed by atoms with van der Waals surface area (Å²) in [5.74, 6) is 0.622. The molecular weight excluding hydrogens is 270 g/mol. The van der Waals surface area contributed by atoms with Crippen LogP contribution in [0.4, 0.5) is 0 Å². The Kier molecular flexibility index (Phi) is 3.65. The number of hydrogen-bond donors (Lipinski definition) is 2. The second-order valence-corrected chi connectivity index (χ2v) is 5.57. The number of piperidine rings is 1. The quantitative estimate of drug-likeness (QED) is 0.861. The fourth-order valence-electron chi connectivity index (χ4n) is 2.78. The maximum absolute atomic E-state index is 12.5. The van der Waals surface area contributed by atoms with E-state index < -0.39 is 5.60 Å². The van der Waals surface area contributed by atoms with Crippen LogP contribution in [0.5, 0.6) is 5.75 Å². The van der Waals surface area contributed by atoms with Gasteiger partial charge in [-0.2, -0.15) is 0 Å². The van der Waals surface area contributed by atoms with E-state index in [9.17, 15) is 9.90 Å². The maximum atomic E-state index is 12.5. The summed E-state index contributed by atoms with van der Waals surface area (Å²) in [6, 6.07) is 5.22. The summed E-state index contributed by atoms with van der Waals surface area (Å²) < 4.78 is 6.63. The molecule has 2 heterocycles. The predicted molar refractivity (Wildman–Crippen MR) is 79.6 cm³/mol. The van der Waals surface area contributed by atoms with Crippen molar-refractivity contribution in [2.45, 2.75) is 25.0 Å². The minimum Gasteiger partial charge on any atom is -0.497 e. The highest BCUT2D eigenvalue weighted by Gasteiger charge is 2.30. The lowest BCUT2D eigenvalue weighted by Gasteiger charge is -2.32. The first kappa shape index (κ1) is 14.0. The van der Waals surface area contributed by atoms with Crippen molar-refractivity contribution in [1.82, 2.24) is 14.9 Å². The lowest BCUT2D eigenvalue weighted by atomic mass is 9.94. The van der Waals surface area contributed by atoms with E-state index in [-0.39, 0.29) is 12.1 Å². The first-order chi connectivity index (χ1) is 10.1. The number of rotatable bonds is 3. The molecule has 112 valence electrons. The molecule has 1 aromatic heterocycles. The second kappa shape index (κ2) is 5.46. The van der Waals surface area contributed by atoms with Crippen molar-refractivity contribution < 1.29 is 9.84 Å². The maximum Gasteiger partial charge on any atom is 0.261 e. The minimum absolute atomic E-state index is 0.155. The van der Waals surface area contributed by atoms with Crippen molar-refractivity contribution >= 4 is 10.9 Å². The molecule has 1 aliphatic rings. The number of aliphatic hydroxyl groups is 1. The number of aromatic nitrogens is 2. The van der Waals surface area contributed by atoms with Gasteiger partial charge in [0, 0.05) is 6.54 Å². The summed E-state index contributed by atoms with van der Waals surface area (Å²) in [7, 11) is 1.56. The van der Waals surface area contributed by atoms with Crippen molar-refractivity contribution in [3.8, 4) is 5.75 Å². The van der Waals surface area contributed by atoms with Crippen LogP contribution in [0.3, 0.4) is 0 Å². The highest BCUT2D eigenvalue weighted by molar-refractivity contribution is 5.78. The Morgan fingerprint density at radius 3 is 3.10 bits per heavy atom. The van der Waals surface area contributed by atoms with Gasteiger partial charge in [0.05, 0.1) is 36.5 Å². The zero-order valence-corrected chi connectivity index (χ0v) is 12.0. The summed E-state index contributed by atoms with van der Waals surface area (Å²) in [4.78, 5) is 16.8. The highest BCUT2D eigenvalue weighted by Crippen LogP contribution is 2.19. The molecule has 0 aliphatic carbocycles. The predicted octanol–water partition coefficient (Wildman–Crippen LogP) is 0.520. The van der Waals surface area contributed by atoms with E-state index in [1.165, 1.54) is 10.9 Å². The molecule has 0 amide bonds. The summed E-state index contributed by atoms with van der Waals surface area (Å²) in [6.07, 6.45) is 3.09. The van der Waals surface area contributed by atoms with Crippen LogP contribution in [0.25, 0.3) is 10.9 Å². The van der Waals surface area contributed by atoms with Gasteiger partial charge in [-0.15, -0.1) is 0 Å². The fourth-order valence-corrected chi connectivity index (χ4v) is 2.78. The van der Waals surface area contributed by atoms with Gasteiger partial charge in [0.2, 0.25) is 0 Å². The molecule has 2 aromatic rings. The Morgan fingerprint density at radius 2 is 2.38 bits per heavy atom. The topological polar surface area (TPSA) is 76.4 Å². The first-order valence-corrected chi connectivity index (χ1v) is 7.08. The molecule has 3 rings (SSSR count). The van der Waals surface area contributed by atoms with Gasteiger partial charge < -0.3 is 15.2 Å². The summed E-state index contributed by atoms with van der Waals surface area (Å²) >= 11 is 0. The zero-order chi connectivity index (χ0) is 14.9. The van der Waals surface area contributed by atoms with Crippen LogP contribution < -0.4 is 15.6 Å². The molecule has 0 spiro atoms. The third-order valence-electron chi connectivity index (χ3n) is 3.95. The van der Waals surface area contributed by atoms with Gasteiger partial charge in [-0.25, -0.2) is 4.98 Å². The van der Waals surface area contributed by atoms with E-state index in [2.05, 4.69) is 10.3 Å². The van der Waals surface area contributed by atoms with Crippen LogP contribution in [0.15, 0.2) is 29.3 Å². The van der Waals surface area contributed by atoms with Crippen molar-refractivity contribution in [3.63, 3.8) is 0 Å². The average Bonchev–Trinajstić information content (AvgIpc) is 2.50. The van der Waals surface area contributed by atoms with E-state index in [1.807, 2.05) is 0 Å². The molecule has 2 N–H and O–H groups in total. The standard InChI is InChI=1S/C15H19N3O3/c1-21-11-3-4-13-12(7-11)14(19)18(10-17-13)9-15(20)5-2-6-16-8-15/h3-4,7,10,16,20H,2,5-6,8-9H2,1H3/t15-/m0/s1. The molecule has 1 aliphatic heterocycles. The second-order valence-electron chi connectivity index (χ2n) is 5.57. The van der Waals surface area contributed by atoms with Crippen LogP contribution in [-0.4, -0.2) is 40.5 Å². The van der Waals surface area contributed by atoms with Gasteiger partial charge >= 0.3 is 0 Å². The Balaban J connectivity index is 1.99. The highest BCUT2D eigenvalue weighted by atomic mass is 16.5. The number of nitrogens with one attached hydrogen (secondary N) is 1. The Morgan fingerprint density at radius 1 is 1.52 bits per heavy atom. The molecule has 1 aromatic carbocycles. The SMILES string of the molecule is COc1ccc2ncn(C[C@]3(O)CCCNC3)c(=O)c2c1. The van der Waals surface area contributed by atoms with Gasteiger partial charge in [0.15, 0.2) is 0 Å². The molecule has 1 atom stereocenters. The number of β-amino-alcohol motifs (C(OH)–C–C–N with tert-alkyl or cyclic N) is 1. The number of hydrogen-bond acceptors (Lipinski definition) is 5. The molecule has 6 nitrogen and oxygen atoms in total. The summed E-state index contributed by atoms with van der Waals surface area (Å²) in [6.45, 7) is 1.65. The van der Waals surface area contributed by atoms with Crippen molar-refractivity contribution in [2.24, 2.45) is 0 Å². The number of nitrogens with zero attached hydrogens (tertiary/aromatic N) is 2. The molecular formula is C15H19N3O3. The molecule has 1 saturated heterocycles. The first-order valence-electron chi connectivity index (χ1n) is 7.08. The van der Waals surface area contributed by atoms with Crippen molar-refractivity contribution in [1.29, 1.82) is 0 Å². The van der Waals surface area contributed by atoms with Crippen LogP contribution in [0.1, 0.15) is 12.8 Å². The van der Waals surface area contributed by atoms with E-state index >= 15 is 0 Å². The van der Waals surface area contributed by atoms with Crippen LogP contribution in [0.2, 0.25) is 0 Å². The Bertz CT molecular complexity index is 705. The van der Waals surface area contributed by atoms with Gasteiger partial charge in [-0.1, -0.05) is 0 Å². The van der Waals surface area contributed by atoms with E-state index in [1.54, 1.807) is 25.3 Å². The lowest BCUT2D eigenvalue weighted by molar-refractivity contribution is -0.000246. The number of fused-ring (bicyclic) bond motifs is 1. The number of methoxy groups -OCH3 is 1. The van der Waals surface area contributed by atoms with Gasteiger partial charge in [0.25, 0.3) is 5.56 Å². The van der Waals surface area contributed by atoms with Crippen LogP contribution in [0, 0.1) is 0 Å². The lowest BCUT2D eigenvalue weighted by Crippen LogP contribution is -2.49. The van der Waals surface area contributed by atoms with Crippen molar-refractivity contribution in [3.05, 3.63) is 34.9 Å². The number of benzene rings is 1. The Labute approximate surface area is 122 Å². The third kappa shape index (κ3) is 2.77.